The number of carbonyl (C=O) groups excluding carboxylic acids is 2. The van der Waals surface area contributed by atoms with Gasteiger partial charge in [-0.05, 0) is 38.3 Å². The summed E-state index contributed by atoms with van der Waals surface area (Å²) in [6, 6.07) is 17.9. The molecule has 1 atom stereocenters. The van der Waals surface area contributed by atoms with Crippen LogP contribution in [0.3, 0.4) is 0 Å². The van der Waals surface area contributed by atoms with E-state index >= 15 is 0 Å². The largest absolute Gasteiger partial charge is 0.355 e. The third kappa shape index (κ3) is 7.04. The molecule has 2 amide bonds. The fraction of sp³-hybridized carbons (Fsp3) is 0.391. The van der Waals surface area contributed by atoms with E-state index in [2.05, 4.69) is 30.4 Å². The molecule has 4 nitrogen and oxygen atoms in total. The molecule has 0 aliphatic rings. The lowest BCUT2D eigenvalue weighted by atomic mass is 10.1. The SMILES string of the molecule is CCNC(=O)[C@@H](C)N(CCc1ccccc1)C(=O)CSCc1cccc(C)c1. The molecule has 0 saturated heterocycles. The zero-order valence-corrected chi connectivity index (χ0v) is 17.8. The maximum Gasteiger partial charge on any atom is 0.242 e. The van der Waals surface area contributed by atoms with Gasteiger partial charge < -0.3 is 10.2 Å². The number of carbonyl (C=O) groups is 2. The average molecular weight is 399 g/mol. The first-order valence-corrected chi connectivity index (χ1v) is 10.9. The highest BCUT2D eigenvalue weighted by Gasteiger charge is 2.25. The first-order chi connectivity index (χ1) is 13.5. The molecular weight excluding hydrogens is 368 g/mol. The Hall–Kier alpha value is -2.27. The zero-order valence-electron chi connectivity index (χ0n) is 17.0. The molecule has 0 heterocycles. The van der Waals surface area contributed by atoms with Crippen LogP contribution in [0, 0.1) is 6.92 Å². The molecule has 1 N–H and O–H groups in total. The van der Waals surface area contributed by atoms with E-state index in [1.165, 1.54) is 11.1 Å². The molecule has 0 aliphatic carbocycles. The predicted octanol–water partition coefficient (Wildman–Crippen LogP) is 3.82. The molecule has 0 spiro atoms. The number of rotatable bonds is 10. The quantitative estimate of drug-likeness (QED) is 0.662. The molecule has 2 aromatic rings. The van der Waals surface area contributed by atoms with Crippen molar-refractivity contribution in [2.24, 2.45) is 0 Å². The van der Waals surface area contributed by atoms with Crippen LogP contribution >= 0.6 is 11.8 Å². The number of aryl methyl sites for hydroxylation is 1. The minimum absolute atomic E-state index is 0.00679. The number of hydrogen-bond acceptors (Lipinski definition) is 3. The number of hydrogen-bond donors (Lipinski definition) is 1. The Kier molecular flexibility index (Phi) is 9.08. The van der Waals surface area contributed by atoms with Gasteiger partial charge >= 0.3 is 0 Å². The van der Waals surface area contributed by atoms with E-state index in [9.17, 15) is 9.59 Å². The Labute approximate surface area is 172 Å². The third-order valence-corrected chi connectivity index (χ3v) is 5.57. The average Bonchev–Trinajstić information content (AvgIpc) is 2.69. The van der Waals surface area contributed by atoms with Crippen molar-refractivity contribution in [3.63, 3.8) is 0 Å². The highest BCUT2D eigenvalue weighted by molar-refractivity contribution is 7.99. The van der Waals surface area contributed by atoms with Gasteiger partial charge in [-0.15, -0.1) is 11.8 Å². The number of amides is 2. The van der Waals surface area contributed by atoms with Crippen molar-refractivity contribution >= 4 is 23.6 Å². The van der Waals surface area contributed by atoms with Gasteiger partial charge in [0.15, 0.2) is 0 Å². The lowest BCUT2D eigenvalue weighted by molar-refractivity contribution is -0.137. The van der Waals surface area contributed by atoms with Crippen molar-refractivity contribution in [1.82, 2.24) is 10.2 Å². The van der Waals surface area contributed by atoms with E-state index < -0.39 is 6.04 Å². The van der Waals surface area contributed by atoms with E-state index in [1.807, 2.05) is 43.3 Å². The summed E-state index contributed by atoms with van der Waals surface area (Å²) in [5.41, 5.74) is 3.60. The van der Waals surface area contributed by atoms with E-state index in [-0.39, 0.29) is 11.8 Å². The van der Waals surface area contributed by atoms with Crippen molar-refractivity contribution in [2.75, 3.05) is 18.8 Å². The molecule has 2 rings (SSSR count). The molecule has 0 radical (unpaired) electrons. The Balaban J connectivity index is 1.97. The van der Waals surface area contributed by atoms with Crippen LogP contribution in [0.15, 0.2) is 54.6 Å². The van der Waals surface area contributed by atoms with Crippen LogP contribution in [0.1, 0.15) is 30.5 Å². The van der Waals surface area contributed by atoms with Crippen LogP contribution in [0.25, 0.3) is 0 Å². The Morgan fingerprint density at radius 3 is 2.46 bits per heavy atom. The molecule has 0 aromatic heterocycles. The number of likely N-dealkylation sites (N-methyl/N-ethyl adjacent to an activating group) is 1. The number of nitrogens with zero attached hydrogens (tertiary/aromatic N) is 1. The van der Waals surface area contributed by atoms with E-state index in [0.717, 1.165) is 17.7 Å². The molecule has 0 fully saturated rings. The van der Waals surface area contributed by atoms with Gasteiger partial charge in [-0.3, -0.25) is 9.59 Å². The van der Waals surface area contributed by atoms with E-state index in [1.54, 1.807) is 23.6 Å². The summed E-state index contributed by atoms with van der Waals surface area (Å²) >= 11 is 1.59. The molecule has 0 bridgehead atoms. The van der Waals surface area contributed by atoms with Crippen molar-refractivity contribution in [3.8, 4) is 0 Å². The Morgan fingerprint density at radius 1 is 1.07 bits per heavy atom. The summed E-state index contributed by atoms with van der Waals surface area (Å²) in [6.07, 6.45) is 0.735. The van der Waals surface area contributed by atoms with Gasteiger partial charge in [0.25, 0.3) is 0 Å². The zero-order chi connectivity index (χ0) is 20.4. The van der Waals surface area contributed by atoms with E-state index in [4.69, 9.17) is 0 Å². The second kappa shape index (κ2) is 11.5. The van der Waals surface area contributed by atoms with Crippen LogP contribution in [0.2, 0.25) is 0 Å². The third-order valence-electron chi connectivity index (χ3n) is 4.58. The molecule has 0 unspecified atom stereocenters. The van der Waals surface area contributed by atoms with E-state index in [0.29, 0.717) is 18.8 Å². The summed E-state index contributed by atoms with van der Waals surface area (Å²) < 4.78 is 0. The summed E-state index contributed by atoms with van der Waals surface area (Å²) in [4.78, 5) is 26.9. The molecule has 5 heteroatoms. The molecule has 28 heavy (non-hydrogen) atoms. The Morgan fingerprint density at radius 2 is 1.79 bits per heavy atom. The normalized spacial score (nSPS) is 11.7. The molecule has 2 aromatic carbocycles. The Bertz CT molecular complexity index is 764. The minimum atomic E-state index is -0.476. The standard InChI is InChI=1S/C23H30N2O2S/c1-4-24-23(27)19(3)25(14-13-20-10-6-5-7-11-20)22(26)17-28-16-21-12-8-9-18(2)15-21/h5-12,15,19H,4,13-14,16-17H2,1-3H3,(H,24,27)/t19-/m1/s1. The van der Waals surface area contributed by atoms with Gasteiger partial charge in [-0.2, -0.15) is 0 Å². The fourth-order valence-electron chi connectivity index (χ4n) is 3.03. The number of benzene rings is 2. The second-order valence-corrected chi connectivity index (χ2v) is 7.86. The first-order valence-electron chi connectivity index (χ1n) is 9.75. The molecule has 0 aliphatic heterocycles. The predicted molar refractivity (Wildman–Crippen MR) is 117 cm³/mol. The number of thioether (sulfide) groups is 1. The number of nitrogens with one attached hydrogen (secondary N) is 1. The van der Waals surface area contributed by atoms with Crippen molar-refractivity contribution < 1.29 is 9.59 Å². The minimum Gasteiger partial charge on any atom is -0.355 e. The second-order valence-electron chi connectivity index (χ2n) is 6.88. The van der Waals surface area contributed by atoms with Crippen LogP contribution in [0.5, 0.6) is 0 Å². The van der Waals surface area contributed by atoms with Crippen LogP contribution < -0.4 is 5.32 Å². The smallest absolute Gasteiger partial charge is 0.242 e. The highest BCUT2D eigenvalue weighted by atomic mass is 32.2. The maximum atomic E-state index is 12.9. The van der Waals surface area contributed by atoms with Gasteiger partial charge in [-0.1, -0.05) is 60.2 Å². The van der Waals surface area contributed by atoms with Gasteiger partial charge in [-0.25, -0.2) is 0 Å². The molecule has 150 valence electrons. The highest BCUT2D eigenvalue weighted by Crippen LogP contribution is 2.15. The lowest BCUT2D eigenvalue weighted by Gasteiger charge is -2.28. The summed E-state index contributed by atoms with van der Waals surface area (Å²) in [5.74, 6) is 1.06. The summed E-state index contributed by atoms with van der Waals surface area (Å²) in [7, 11) is 0. The van der Waals surface area contributed by atoms with Gasteiger partial charge in [0.05, 0.1) is 5.75 Å². The summed E-state index contributed by atoms with van der Waals surface area (Å²) in [5, 5.41) is 2.83. The summed E-state index contributed by atoms with van der Waals surface area (Å²) in [6.45, 7) is 6.86. The van der Waals surface area contributed by atoms with Crippen LogP contribution in [-0.2, 0) is 21.8 Å². The fourth-order valence-corrected chi connectivity index (χ4v) is 3.89. The topological polar surface area (TPSA) is 49.4 Å². The molecule has 0 saturated carbocycles. The van der Waals surface area contributed by atoms with Gasteiger partial charge in [0.2, 0.25) is 11.8 Å². The van der Waals surface area contributed by atoms with Gasteiger partial charge in [0.1, 0.15) is 6.04 Å². The van der Waals surface area contributed by atoms with Crippen molar-refractivity contribution in [3.05, 3.63) is 71.3 Å². The van der Waals surface area contributed by atoms with Crippen LogP contribution in [0.4, 0.5) is 0 Å². The maximum absolute atomic E-state index is 12.9. The molecular formula is C23H30N2O2S. The van der Waals surface area contributed by atoms with Crippen molar-refractivity contribution in [1.29, 1.82) is 0 Å². The first kappa shape index (κ1) is 22.0. The lowest BCUT2D eigenvalue weighted by Crippen LogP contribution is -2.49. The monoisotopic (exact) mass is 398 g/mol. The van der Waals surface area contributed by atoms with Crippen LogP contribution in [-0.4, -0.2) is 41.6 Å². The van der Waals surface area contributed by atoms with Gasteiger partial charge in [0, 0.05) is 18.8 Å². The van der Waals surface area contributed by atoms with Crippen molar-refractivity contribution in [2.45, 2.75) is 39.0 Å².